The average Bonchev–Trinajstić information content (AvgIpc) is 3.01. The highest BCUT2D eigenvalue weighted by atomic mass is 79.9. The van der Waals surface area contributed by atoms with Crippen LogP contribution in [0, 0.1) is 35.0 Å². The number of aliphatic hydroxyl groups is 1. The lowest BCUT2D eigenvalue weighted by molar-refractivity contribution is -0.199. The standard InChI is InChI=1S/C25H33BrO7/c1-6-7-11-22(4)19(29)9-8-18-17-10-12-24(33-16(3)28,21(31)14-32-15(2)27)23(17,5)13-20(30)25(18,22)26/h1,17-18,20,30H,7-14H2,2-5H3/t17-,18-,20-,22-,23-,24-,25?/m0/s1. The van der Waals surface area contributed by atoms with E-state index >= 15 is 0 Å². The van der Waals surface area contributed by atoms with Gasteiger partial charge < -0.3 is 14.6 Å². The summed E-state index contributed by atoms with van der Waals surface area (Å²) in [5, 5.41) is 11.6. The highest BCUT2D eigenvalue weighted by molar-refractivity contribution is 9.10. The highest BCUT2D eigenvalue weighted by Gasteiger charge is 2.74. The normalized spacial score (nSPS) is 42.0. The van der Waals surface area contributed by atoms with Gasteiger partial charge in [0.05, 0.1) is 10.4 Å². The topological polar surface area (TPSA) is 107 Å². The van der Waals surface area contributed by atoms with Crippen LogP contribution in [0.4, 0.5) is 0 Å². The fourth-order valence-corrected chi connectivity index (χ4v) is 8.27. The Kier molecular flexibility index (Phi) is 6.91. The second-order valence-electron chi connectivity index (χ2n) is 10.3. The minimum Gasteiger partial charge on any atom is -0.458 e. The molecule has 1 unspecified atom stereocenters. The number of hydrogen-bond donors (Lipinski definition) is 1. The first-order valence-electron chi connectivity index (χ1n) is 11.5. The highest BCUT2D eigenvalue weighted by Crippen LogP contribution is 2.70. The van der Waals surface area contributed by atoms with E-state index in [0.29, 0.717) is 32.1 Å². The van der Waals surface area contributed by atoms with Gasteiger partial charge >= 0.3 is 11.9 Å². The van der Waals surface area contributed by atoms with Gasteiger partial charge in [0.2, 0.25) is 5.78 Å². The Balaban J connectivity index is 2.08. The van der Waals surface area contributed by atoms with Gasteiger partial charge in [0, 0.05) is 37.5 Å². The van der Waals surface area contributed by atoms with Crippen LogP contribution in [0.2, 0.25) is 0 Å². The molecule has 182 valence electrons. The molecule has 0 spiro atoms. The van der Waals surface area contributed by atoms with Crippen molar-refractivity contribution in [3.8, 4) is 12.3 Å². The molecule has 0 aliphatic heterocycles. The maximum atomic E-state index is 13.4. The Morgan fingerprint density at radius 3 is 2.42 bits per heavy atom. The number of esters is 2. The molecule has 0 radical (unpaired) electrons. The van der Waals surface area contributed by atoms with Crippen LogP contribution >= 0.6 is 15.9 Å². The number of terminal acetylenes is 1. The minimum atomic E-state index is -1.51. The van der Waals surface area contributed by atoms with Crippen LogP contribution in [0.25, 0.3) is 0 Å². The summed E-state index contributed by atoms with van der Waals surface area (Å²) in [5.74, 6) is 0.781. The first-order chi connectivity index (χ1) is 15.3. The number of alkyl halides is 1. The van der Waals surface area contributed by atoms with Crippen LogP contribution in [-0.4, -0.2) is 51.2 Å². The van der Waals surface area contributed by atoms with Crippen molar-refractivity contribution >= 4 is 39.4 Å². The lowest BCUT2D eigenvalue weighted by Crippen LogP contribution is -2.70. The third-order valence-electron chi connectivity index (χ3n) is 8.76. The molecule has 0 bridgehead atoms. The molecule has 3 saturated carbocycles. The van der Waals surface area contributed by atoms with E-state index < -0.39 is 51.2 Å². The summed E-state index contributed by atoms with van der Waals surface area (Å²) in [6.07, 6.45) is 7.31. The van der Waals surface area contributed by atoms with Crippen molar-refractivity contribution in [3.63, 3.8) is 0 Å². The van der Waals surface area contributed by atoms with Crippen LogP contribution in [0.1, 0.15) is 72.6 Å². The van der Waals surface area contributed by atoms with Gasteiger partial charge in [-0.2, -0.15) is 0 Å². The SMILES string of the molecule is C#CCC[C@@]1(C)C(=O)CC[C@H]2[C@@H]3CC[C@](OC(C)=O)(C(=O)COC(C)=O)[C@@]3(C)C[C@H](O)C21Br. The maximum Gasteiger partial charge on any atom is 0.303 e. The fraction of sp³-hybridized carbons (Fsp3) is 0.760. The van der Waals surface area contributed by atoms with E-state index in [4.69, 9.17) is 15.9 Å². The number of carbonyl (C=O) groups is 4. The van der Waals surface area contributed by atoms with E-state index in [1.807, 2.05) is 13.8 Å². The molecule has 3 aliphatic carbocycles. The Morgan fingerprint density at radius 1 is 1.18 bits per heavy atom. The molecule has 3 fully saturated rings. The number of carbonyl (C=O) groups excluding carboxylic acids is 4. The molecule has 3 rings (SSSR count). The lowest BCUT2D eigenvalue weighted by atomic mass is 9.46. The van der Waals surface area contributed by atoms with Crippen LogP contribution in [-0.2, 0) is 28.7 Å². The largest absolute Gasteiger partial charge is 0.458 e. The van der Waals surface area contributed by atoms with E-state index in [1.165, 1.54) is 13.8 Å². The van der Waals surface area contributed by atoms with E-state index in [-0.39, 0.29) is 30.5 Å². The second-order valence-corrected chi connectivity index (χ2v) is 11.6. The van der Waals surface area contributed by atoms with Gasteiger partial charge in [0.1, 0.15) is 5.78 Å². The average molecular weight is 525 g/mol. The Bertz CT molecular complexity index is 909. The van der Waals surface area contributed by atoms with Crippen molar-refractivity contribution in [1.29, 1.82) is 0 Å². The number of ether oxygens (including phenoxy) is 2. The molecule has 0 aromatic heterocycles. The Hall–Kier alpha value is -1.72. The van der Waals surface area contributed by atoms with Gasteiger partial charge in [0.15, 0.2) is 12.2 Å². The molecule has 33 heavy (non-hydrogen) atoms. The van der Waals surface area contributed by atoms with Gasteiger partial charge in [-0.15, -0.1) is 12.3 Å². The van der Waals surface area contributed by atoms with E-state index in [0.717, 1.165) is 0 Å². The summed E-state index contributed by atoms with van der Waals surface area (Å²) in [5.41, 5.74) is -3.26. The van der Waals surface area contributed by atoms with Gasteiger partial charge in [-0.1, -0.05) is 29.8 Å². The van der Waals surface area contributed by atoms with Crippen molar-refractivity contribution in [2.75, 3.05) is 6.61 Å². The molecule has 8 heteroatoms. The van der Waals surface area contributed by atoms with Gasteiger partial charge in [-0.25, -0.2) is 0 Å². The summed E-state index contributed by atoms with van der Waals surface area (Å²) in [7, 11) is 0. The number of halogens is 1. The Labute approximate surface area is 203 Å². The molecule has 7 nitrogen and oxygen atoms in total. The molecule has 3 aliphatic rings. The number of hydrogen-bond acceptors (Lipinski definition) is 7. The number of rotatable bonds is 6. The summed E-state index contributed by atoms with van der Waals surface area (Å²) < 4.78 is 9.84. The van der Waals surface area contributed by atoms with Crippen molar-refractivity contribution in [3.05, 3.63) is 0 Å². The molecule has 0 aromatic carbocycles. The fourth-order valence-electron chi connectivity index (χ4n) is 7.14. The van der Waals surface area contributed by atoms with E-state index in [1.54, 1.807) is 0 Å². The molecule has 0 amide bonds. The van der Waals surface area contributed by atoms with Crippen molar-refractivity contribution < 1.29 is 33.8 Å². The van der Waals surface area contributed by atoms with Crippen LogP contribution in [0.5, 0.6) is 0 Å². The van der Waals surface area contributed by atoms with Gasteiger partial charge in [0.25, 0.3) is 0 Å². The monoisotopic (exact) mass is 524 g/mol. The molecular weight excluding hydrogens is 492 g/mol. The zero-order valence-electron chi connectivity index (χ0n) is 19.7. The zero-order valence-corrected chi connectivity index (χ0v) is 21.3. The van der Waals surface area contributed by atoms with Crippen LogP contribution in [0.3, 0.4) is 0 Å². The molecule has 1 N–H and O–H groups in total. The summed E-state index contributed by atoms with van der Waals surface area (Å²) in [6, 6.07) is 0. The molecule has 0 aromatic rings. The smallest absolute Gasteiger partial charge is 0.303 e. The van der Waals surface area contributed by atoms with Crippen LogP contribution < -0.4 is 0 Å². The third kappa shape index (κ3) is 3.67. The predicted octanol–water partition coefficient (Wildman–Crippen LogP) is 3.13. The quantitative estimate of drug-likeness (QED) is 0.323. The molecule has 0 heterocycles. The van der Waals surface area contributed by atoms with Crippen molar-refractivity contribution in [2.45, 2.75) is 88.7 Å². The number of fused-ring (bicyclic) bond motifs is 3. The van der Waals surface area contributed by atoms with Gasteiger partial charge in [-0.05, 0) is 43.9 Å². The van der Waals surface area contributed by atoms with Gasteiger partial charge in [-0.3, -0.25) is 19.2 Å². The number of aliphatic hydroxyl groups excluding tert-OH is 1. The second kappa shape index (κ2) is 8.81. The summed E-state index contributed by atoms with van der Waals surface area (Å²) in [6.45, 7) is 5.72. The number of Topliss-reactive ketones (excluding diaryl/α,β-unsaturated/α-hetero) is 2. The van der Waals surface area contributed by atoms with Crippen LogP contribution in [0.15, 0.2) is 0 Å². The summed E-state index contributed by atoms with van der Waals surface area (Å²) >= 11 is 3.87. The zero-order chi connectivity index (χ0) is 24.8. The van der Waals surface area contributed by atoms with E-state index in [9.17, 15) is 24.3 Å². The minimum absolute atomic E-state index is 0.0729. The third-order valence-corrected chi connectivity index (χ3v) is 10.8. The lowest BCUT2D eigenvalue weighted by Gasteiger charge is -2.63. The molecule has 7 atom stereocenters. The molecular formula is C25H33BrO7. The first-order valence-corrected chi connectivity index (χ1v) is 12.3. The molecule has 0 saturated heterocycles. The number of ketones is 2. The first kappa shape index (κ1) is 25.9. The maximum absolute atomic E-state index is 13.4. The van der Waals surface area contributed by atoms with Crippen molar-refractivity contribution in [2.24, 2.45) is 22.7 Å². The summed E-state index contributed by atoms with van der Waals surface area (Å²) in [4.78, 5) is 50.0. The van der Waals surface area contributed by atoms with E-state index in [2.05, 4.69) is 21.9 Å². The predicted molar refractivity (Wildman–Crippen MR) is 123 cm³/mol. The Morgan fingerprint density at radius 2 is 1.85 bits per heavy atom. The van der Waals surface area contributed by atoms with Crippen molar-refractivity contribution in [1.82, 2.24) is 0 Å².